The van der Waals surface area contributed by atoms with E-state index in [1.807, 2.05) is 5.38 Å². The lowest BCUT2D eigenvalue weighted by Crippen LogP contribution is -2.11. The second-order valence-corrected chi connectivity index (χ2v) is 3.67. The molecule has 0 spiro atoms. The van der Waals surface area contributed by atoms with E-state index in [0.29, 0.717) is 4.88 Å². The van der Waals surface area contributed by atoms with E-state index in [9.17, 15) is 4.79 Å². The lowest BCUT2D eigenvalue weighted by molar-refractivity contribution is 0.0701. The summed E-state index contributed by atoms with van der Waals surface area (Å²) in [5.74, 6) is -0.801. The maximum Gasteiger partial charge on any atom is 0.346 e. The highest BCUT2D eigenvalue weighted by Crippen LogP contribution is 2.30. The van der Waals surface area contributed by atoms with Gasteiger partial charge in [-0.25, -0.2) is 4.79 Å². The second-order valence-electron chi connectivity index (χ2n) is 2.79. The van der Waals surface area contributed by atoms with Crippen LogP contribution in [0.5, 0.6) is 0 Å². The van der Waals surface area contributed by atoms with Gasteiger partial charge >= 0.3 is 5.97 Å². The van der Waals surface area contributed by atoms with Crippen molar-refractivity contribution < 1.29 is 9.90 Å². The quantitative estimate of drug-likeness (QED) is 0.698. The lowest BCUT2D eigenvalue weighted by Gasteiger charge is -2.13. The van der Waals surface area contributed by atoms with Gasteiger partial charge in [0.1, 0.15) is 4.88 Å². The van der Waals surface area contributed by atoms with E-state index in [1.54, 1.807) is 0 Å². The first kappa shape index (κ1) is 7.61. The normalized spacial score (nSPS) is 15.0. The molecule has 1 aromatic heterocycles. The average molecular weight is 183 g/mol. The summed E-state index contributed by atoms with van der Waals surface area (Å²) in [4.78, 5) is 11.2. The van der Waals surface area contributed by atoms with Crippen molar-refractivity contribution in [1.29, 1.82) is 0 Å². The number of carboxylic acid groups (broad SMARTS) is 1. The molecule has 0 aliphatic carbocycles. The minimum atomic E-state index is -0.801. The first-order valence-corrected chi connectivity index (χ1v) is 4.74. The van der Waals surface area contributed by atoms with Crippen LogP contribution in [0.25, 0.3) is 0 Å². The van der Waals surface area contributed by atoms with Gasteiger partial charge in [-0.3, -0.25) is 0 Å². The average Bonchev–Trinajstić information content (AvgIpc) is 2.47. The molecule has 1 aromatic rings. The van der Waals surface area contributed by atoms with Crippen LogP contribution in [-0.2, 0) is 6.42 Å². The molecule has 2 rings (SSSR count). The van der Waals surface area contributed by atoms with Crippen LogP contribution in [0.4, 0.5) is 5.69 Å². The fourth-order valence-electron chi connectivity index (χ4n) is 1.45. The largest absolute Gasteiger partial charge is 0.477 e. The summed E-state index contributed by atoms with van der Waals surface area (Å²) < 4.78 is 0. The third kappa shape index (κ3) is 1.08. The van der Waals surface area contributed by atoms with Crippen molar-refractivity contribution in [2.24, 2.45) is 0 Å². The van der Waals surface area contributed by atoms with E-state index in [-0.39, 0.29) is 0 Å². The molecule has 3 nitrogen and oxygen atoms in total. The predicted octanol–water partition coefficient (Wildman–Crippen LogP) is 1.80. The fourth-order valence-corrected chi connectivity index (χ4v) is 2.36. The SMILES string of the molecule is O=C(O)c1scc2c1CCCN2. The Morgan fingerprint density at radius 2 is 2.50 bits per heavy atom. The van der Waals surface area contributed by atoms with Crippen molar-refractivity contribution in [2.45, 2.75) is 12.8 Å². The molecule has 2 N–H and O–H groups in total. The van der Waals surface area contributed by atoms with E-state index < -0.39 is 5.97 Å². The first-order valence-electron chi connectivity index (χ1n) is 3.86. The van der Waals surface area contributed by atoms with Gasteiger partial charge in [-0.1, -0.05) is 0 Å². The van der Waals surface area contributed by atoms with Crippen LogP contribution >= 0.6 is 11.3 Å². The van der Waals surface area contributed by atoms with Crippen molar-refractivity contribution in [3.63, 3.8) is 0 Å². The number of nitrogens with one attached hydrogen (secondary N) is 1. The van der Waals surface area contributed by atoms with Crippen molar-refractivity contribution in [1.82, 2.24) is 0 Å². The fraction of sp³-hybridized carbons (Fsp3) is 0.375. The minimum Gasteiger partial charge on any atom is -0.477 e. The van der Waals surface area contributed by atoms with Crippen LogP contribution in [0.3, 0.4) is 0 Å². The van der Waals surface area contributed by atoms with Gasteiger partial charge in [0.2, 0.25) is 0 Å². The summed E-state index contributed by atoms with van der Waals surface area (Å²) in [5.41, 5.74) is 2.00. The van der Waals surface area contributed by atoms with Crippen LogP contribution in [0.15, 0.2) is 5.38 Å². The third-order valence-electron chi connectivity index (χ3n) is 2.01. The zero-order valence-electron chi connectivity index (χ0n) is 6.46. The third-order valence-corrected chi connectivity index (χ3v) is 3.02. The van der Waals surface area contributed by atoms with Crippen LogP contribution in [-0.4, -0.2) is 17.6 Å². The Morgan fingerprint density at radius 3 is 3.25 bits per heavy atom. The van der Waals surface area contributed by atoms with Gasteiger partial charge in [-0.15, -0.1) is 11.3 Å². The minimum absolute atomic E-state index is 0.497. The number of hydrogen-bond acceptors (Lipinski definition) is 3. The number of rotatable bonds is 1. The summed E-state index contributed by atoms with van der Waals surface area (Å²) in [7, 11) is 0. The lowest BCUT2D eigenvalue weighted by atomic mass is 10.1. The van der Waals surface area contributed by atoms with Gasteiger partial charge in [0.25, 0.3) is 0 Å². The monoisotopic (exact) mass is 183 g/mol. The molecule has 0 saturated heterocycles. The maximum atomic E-state index is 10.7. The molecule has 64 valence electrons. The Balaban J connectivity index is 2.44. The Labute approximate surface area is 74.0 Å². The van der Waals surface area contributed by atoms with Crippen molar-refractivity contribution >= 4 is 23.0 Å². The molecule has 4 heteroatoms. The summed E-state index contributed by atoms with van der Waals surface area (Å²) in [5, 5.41) is 13.9. The van der Waals surface area contributed by atoms with Crippen LogP contribution < -0.4 is 5.32 Å². The Morgan fingerprint density at radius 1 is 1.67 bits per heavy atom. The Kier molecular flexibility index (Phi) is 1.77. The van der Waals surface area contributed by atoms with Crippen molar-refractivity contribution in [3.8, 4) is 0 Å². The molecular weight excluding hydrogens is 174 g/mol. The van der Waals surface area contributed by atoms with E-state index in [4.69, 9.17) is 5.11 Å². The number of fused-ring (bicyclic) bond motifs is 1. The Bertz CT molecular complexity index is 319. The molecule has 0 unspecified atom stereocenters. The van der Waals surface area contributed by atoms with Crippen molar-refractivity contribution in [3.05, 3.63) is 15.8 Å². The molecule has 0 radical (unpaired) electrons. The number of aromatic carboxylic acids is 1. The summed E-state index contributed by atoms with van der Waals surface area (Å²) in [6.45, 7) is 0.961. The van der Waals surface area contributed by atoms with Crippen LogP contribution in [0.2, 0.25) is 0 Å². The zero-order chi connectivity index (χ0) is 8.55. The summed E-state index contributed by atoms with van der Waals surface area (Å²) in [6.07, 6.45) is 1.93. The Hall–Kier alpha value is -1.03. The number of thiophene rings is 1. The maximum absolute atomic E-state index is 10.7. The molecule has 1 aliphatic heterocycles. The summed E-state index contributed by atoms with van der Waals surface area (Å²) >= 11 is 1.31. The van der Waals surface area contributed by atoms with E-state index in [1.165, 1.54) is 11.3 Å². The molecule has 2 heterocycles. The molecule has 0 fully saturated rings. The first-order chi connectivity index (χ1) is 5.79. The number of hydrogen-bond donors (Lipinski definition) is 2. The molecule has 0 aromatic carbocycles. The molecule has 0 bridgehead atoms. The molecule has 0 amide bonds. The predicted molar refractivity (Wildman–Crippen MR) is 48.1 cm³/mol. The summed E-state index contributed by atoms with van der Waals surface area (Å²) in [6, 6.07) is 0. The number of carbonyl (C=O) groups is 1. The van der Waals surface area contributed by atoms with E-state index >= 15 is 0 Å². The van der Waals surface area contributed by atoms with Gasteiger partial charge < -0.3 is 10.4 Å². The molecule has 1 aliphatic rings. The molecule has 0 atom stereocenters. The molecular formula is C8H9NO2S. The highest BCUT2D eigenvalue weighted by atomic mass is 32.1. The zero-order valence-corrected chi connectivity index (χ0v) is 7.28. The topological polar surface area (TPSA) is 49.3 Å². The second kappa shape index (κ2) is 2.79. The van der Waals surface area contributed by atoms with Crippen molar-refractivity contribution in [2.75, 3.05) is 11.9 Å². The number of anilines is 1. The van der Waals surface area contributed by atoms with Gasteiger partial charge in [-0.05, 0) is 12.8 Å². The van der Waals surface area contributed by atoms with Gasteiger partial charge in [0, 0.05) is 23.2 Å². The van der Waals surface area contributed by atoms with E-state index in [0.717, 1.165) is 30.6 Å². The van der Waals surface area contributed by atoms with Crippen LogP contribution in [0.1, 0.15) is 21.7 Å². The highest BCUT2D eigenvalue weighted by Gasteiger charge is 2.18. The highest BCUT2D eigenvalue weighted by molar-refractivity contribution is 7.12. The van der Waals surface area contributed by atoms with Gasteiger partial charge in [0.15, 0.2) is 0 Å². The van der Waals surface area contributed by atoms with E-state index in [2.05, 4.69) is 5.32 Å². The molecule has 12 heavy (non-hydrogen) atoms. The van der Waals surface area contributed by atoms with Crippen LogP contribution in [0, 0.1) is 0 Å². The van der Waals surface area contributed by atoms with Gasteiger partial charge in [0.05, 0.1) is 0 Å². The van der Waals surface area contributed by atoms with Gasteiger partial charge in [-0.2, -0.15) is 0 Å². The standard InChI is InChI=1S/C8H9NO2S/c10-8(11)7-5-2-1-3-9-6(5)4-12-7/h4,9H,1-3H2,(H,10,11). The molecule has 0 saturated carbocycles. The number of carboxylic acids is 1. The smallest absolute Gasteiger partial charge is 0.346 e.